The Hall–Kier alpha value is -1.22. The topological polar surface area (TPSA) is 32.5 Å². The summed E-state index contributed by atoms with van der Waals surface area (Å²) in [5, 5.41) is 0. The molecule has 1 aliphatic heterocycles. The van der Waals surface area contributed by atoms with Crippen LogP contribution in [-0.4, -0.2) is 32.7 Å². The Balaban J connectivity index is 2.05. The molecule has 0 bridgehead atoms. The van der Waals surface area contributed by atoms with Gasteiger partial charge in [0.25, 0.3) is 0 Å². The number of hydrogen-bond donors (Lipinski definition) is 1. The highest BCUT2D eigenvalue weighted by Crippen LogP contribution is 2.33. The Morgan fingerprint density at radius 3 is 2.55 bits per heavy atom. The van der Waals surface area contributed by atoms with Crippen molar-refractivity contribution in [3.63, 3.8) is 0 Å². The Labute approximate surface area is 123 Å². The number of unbranched alkanes of at least 4 members (excludes halogenated alkanes) is 3. The van der Waals surface area contributed by atoms with E-state index >= 15 is 0 Å². The van der Waals surface area contributed by atoms with Gasteiger partial charge >= 0.3 is 0 Å². The Bertz CT molecular complexity index is 405. The van der Waals surface area contributed by atoms with Gasteiger partial charge in [0.15, 0.2) is 0 Å². The van der Waals surface area contributed by atoms with Gasteiger partial charge in [-0.1, -0.05) is 44.7 Å². The number of hydrogen-bond acceptors (Lipinski definition) is 3. The number of para-hydroxylation sites is 2. The number of likely N-dealkylation sites (N-methyl/N-ethyl adjacent to an activating group) is 1. The lowest BCUT2D eigenvalue weighted by molar-refractivity contribution is 0.510. The third-order valence-corrected chi connectivity index (χ3v) is 4.38. The zero-order valence-corrected chi connectivity index (χ0v) is 13.0. The van der Waals surface area contributed by atoms with Gasteiger partial charge in [-0.15, -0.1) is 0 Å². The number of nitrogens with two attached hydrogens (primary N) is 1. The Morgan fingerprint density at radius 2 is 1.85 bits per heavy atom. The smallest absolute Gasteiger partial charge is 0.0607 e. The van der Waals surface area contributed by atoms with Gasteiger partial charge in [0.1, 0.15) is 0 Å². The minimum Gasteiger partial charge on any atom is -0.371 e. The first kappa shape index (κ1) is 15.2. The van der Waals surface area contributed by atoms with Crippen molar-refractivity contribution in [2.75, 3.05) is 36.5 Å². The molecule has 0 saturated heterocycles. The lowest BCUT2D eigenvalue weighted by atomic mass is 10.0. The highest BCUT2D eigenvalue weighted by Gasteiger charge is 2.24. The van der Waals surface area contributed by atoms with E-state index in [1.807, 2.05) is 0 Å². The molecule has 3 heteroatoms. The summed E-state index contributed by atoms with van der Waals surface area (Å²) < 4.78 is 0. The molecule has 1 aromatic rings. The van der Waals surface area contributed by atoms with Crippen molar-refractivity contribution in [2.45, 2.75) is 45.1 Å². The molecule has 1 unspecified atom stereocenters. The summed E-state index contributed by atoms with van der Waals surface area (Å²) in [4.78, 5) is 4.87. The van der Waals surface area contributed by atoms with Crippen molar-refractivity contribution in [3.8, 4) is 0 Å². The van der Waals surface area contributed by atoms with Crippen LogP contribution in [0.25, 0.3) is 0 Å². The third-order valence-electron chi connectivity index (χ3n) is 4.38. The van der Waals surface area contributed by atoms with Gasteiger partial charge in [-0.05, 0) is 18.6 Å². The lowest BCUT2D eigenvalue weighted by Crippen LogP contribution is -2.47. The molecular weight excluding hydrogens is 246 g/mol. The van der Waals surface area contributed by atoms with Gasteiger partial charge < -0.3 is 15.5 Å². The largest absolute Gasteiger partial charge is 0.371 e. The van der Waals surface area contributed by atoms with Crippen LogP contribution in [-0.2, 0) is 0 Å². The van der Waals surface area contributed by atoms with E-state index in [1.165, 1.54) is 43.5 Å². The van der Waals surface area contributed by atoms with Crippen LogP contribution in [0.2, 0.25) is 0 Å². The molecule has 1 aliphatic rings. The molecule has 2 rings (SSSR count). The first-order chi connectivity index (χ1) is 9.77. The zero-order chi connectivity index (χ0) is 14.4. The molecule has 3 nitrogen and oxygen atoms in total. The van der Waals surface area contributed by atoms with E-state index in [-0.39, 0.29) is 0 Å². The maximum Gasteiger partial charge on any atom is 0.0607 e. The molecule has 0 radical (unpaired) electrons. The molecular formula is C17H29N3. The predicted molar refractivity (Wildman–Crippen MR) is 88.7 cm³/mol. The molecule has 0 fully saturated rings. The van der Waals surface area contributed by atoms with Crippen LogP contribution in [0.5, 0.6) is 0 Å². The molecule has 0 aromatic heterocycles. The molecule has 1 heterocycles. The second kappa shape index (κ2) is 7.53. The van der Waals surface area contributed by atoms with Crippen LogP contribution in [0.3, 0.4) is 0 Å². The maximum absolute atomic E-state index is 6.05. The molecule has 112 valence electrons. The van der Waals surface area contributed by atoms with E-state index in [0.29, 0.717) is 6.04 Å². The molecule has 2 N–H and O–H groups in total. The van der Waals surface area contributed by atoms with Crippen molar-refractivity contribution >= 4 is 11.4 Å². The van der Waals surface area contributed by atoms with Crippen LogP contribution in [0, 0.1) is 0 Å². The van der Waals surface area contributed by atoms with Gasteiger partial charge in [-0.2, -0.15) is 0 Å². The fourth-order valence-corrected chi connectivity index (χ4v) is 3.12. The minimum absolute atomic E-state index is 0.488. The van der Waals surface area contributed by atoms with Gasteiger partial charge in [-0.3, -0.25) is 0 Å². The standard InChI is InChI=1S/C17H29N3/c1-3-4-5-6-9-15(14-18)20-13-12-19(2)16-10-7-8-11-17(16)20/h7-8,10-11,15H,3-6,9,12-14,18H2,1-2H3. The number of anilines is 2. The molecule has 1 atom stereocenters. The van der Waals surface area contributed by atoms with Gasteiger partial charge in [0, 0.05) is 32.7 Å². The summed E-state index contributed by atoms with van der Waals surface area (Å²) in [6.07, 6.45) is 6.49. The average molecular weight is 275 g/mol. The maximum atomic E-state index is 6.05. The van der Waals surface area contributed by atoms with Gasteiger partial charge in [0.05, 0.1) is 11.4 Å². The van der Waals surface area contributed by atoms with E-state index < -0.39 is 0 Å². The van der Waals surface area contributed by atoms with Crippen LogP contribution < -0.4 is 15.5 Å². The predicted octanol–water partition coefficient (Wildman–Crippen LogP) is 3.24. The van der Waals surface area contributed by atoms with Gasteiger partial charge in [-0.25, -0.2) is 0 Å². The Morgan fingerprint density at radius 1 is 1.10 bits per heavy atom. The number of nitrogens with zero attached hydrogens (tertiary/aromatic N) is 2. The van der Waals surface area contributed by atoms with Crippen molar-refractivity contribution in [2.24, 2.45) is 5.73 Å². The third kappa shape index (κ3) is 3.45. The lowest BCUT2D eigenvalue weighted by Gasteiger charge is -2.41. The van der Waals surface area contributed by atoms with E-state index in [1.54, 1.807) is 0 Å². The van der Waals surface area contributed by atoms with E-state index in [0.717, 1.165) is 19.6 Å². The SMILES string of the molecule is CCCCCCC(CN)N1CCN(C)c2ccccc21. The normalized spacial score (nSPS) is 16.1. The molecule has 20 heavy (non-hydrogen) atoms. The summed E-state index contributed by atoms with van der Waals surface area (Å²) in [5.41, 5.74) is 8.75. The number of fused-ring (bicyclic) bond motifs is 1. The monoisotopic (exact) mass is 275 g/mol. The van der Waals surface area contributed by atoms with Crippen LogP contribution in [0.4, 0.5) is 11.4 Å². The van der Waals surface area contributed by atoms with E-state index in [2.05, 4.69) is 48.0 Å². The summed E-state index contributed by atoms with van der Waals surface area (Å²) in [7, 11) is 2.18. The fourth-order valence-electron chi connectivity index (χ4n) is 3.12. The Kier molecular flexibility index (Phi) is 5.72. The second-order valence-electron chi connectivity index (χ2n) is 5.84. The molecule has 0 saturated carbocycles. The summed E-state index contributed by atoms with van der Waals surface area (Å²) in [6.45, 7) is 5.19. The van der Waals surface area contributed by atoms with Crippen LogP contribution in [0.15, 0.2) is 24.3 Å². The minimum atomic E-state index is 0.488. The molecule has 1 aromatic carbocycles. The second-order valence-corrected chi connectivity index (χ2v) is 5.84. The summed E-state index contributed by atoms with van der Waals surface area (Å²) in [6, 6.07) is 9.20. The number of benzene rings is 1. The average Bonchev–Trinajstić information content (AvgIpc) is 2.49. The highest BCUT2D eigenvalue weighted by atomic mass is 15.3. The van der Waals surface area contributed by atoms with Crippen molar-refractivity contribution in [1.82, 2.24) is 0 Å². The van der Waals surface area contributed by atoms with Crippen molar-refractivity contribution in [3.05, 3.63) is 24.3 Å². The molecule has 0 amide bonds. The van der Waals surface area contributed by atoms with Crippen molar-refractivity contribution < 1.29 is 0 Å². The van der Waals surface area contributed by atoms with Gasteiger partial charge in [0.2, 0.25) is 0 Å². The quantitative estimate of drug-likeness (QED) is 0.775. The molecule has 0 spiro atoms. The van der Waals surface area contributed by atoms with E-state index in [4.69, 9.17) is 5.73 Å². The molecule has 0 aliphatic carbocycles. The first-order valence-corrected chi connectivity index (χ1v) is 8.04. The first-order valence-electron chi connectivity index (χ1n) is 8.04. The van der Waals surface area contributed by atoms with Crippen LogP contribution in [0.1, 0.15) is 39.0 Å². The van der Waals surface area contributed by atoms with E-state index in [9.17, 15) is 0 Å². The van der Waals surface area contributed by atoms with Crippen LogP contribution >= 0.6 is 0 Å². The van der Waals surface area contributed by atoms with Crippen molar-refractivity contribution in [1.29, 1.82) is 0 Å². The summed E-state index contributed by atoms with van der Waals surface area (Å²) >= 11 is 0. The highest BCUT2D eigenvalue weighted by molar-refractivity contribution is 5.73. The number of rotatable bonds is 7. The zero-order valence-electron chi connectivity index (χ0n) is 13.0. The summed E-state index contributed by atoms with van der Waals surface area (Å²) in [5.74, 6) is 0. The fraction of sp³-hybridized carbons (Fsp3) is 0.647.